The molecule has 4 fully saturated rings. The van der Waals surface area contributed by atoms with Crippen molar-refractivity contribution < 1.29 is 9.59 Å². The van der Waals surface area contributed by atoms with E-state index in [0.29, 0.717) is 18.0 Å². The van der Waals surface area contributed by atoms with Gasteiger partial charge in [0, 0.05) is 5.41 Å². The number of ketones is 2. The highest BCUT2D eigenvalue weighted by molar-refractivity contribution is 8.01. The predicted octanol–water partition coefficient (Wildman–Crippen LogP) is 3.55. The van der Waals surface area contributed by atoms with Crippen molar-refractivity contribution in [2.75, 3.05) is 5.75 Å². The summed E-state index contributed by atoms with van der Waals surface area (Å²) in [5.41, 5.74) is -0.0192. The second-order valence-corrected chi connectivity index (χ2v) is 10.0. The fourth-order valence-electron chi connectivity index (χ4n) is 5.31. The van der Waals surface area contributed by atoms with Crippen molar-refractivity contribution in [1.29, 1.82) is 0 Å². The third kappa shape index (κ3) is 3.12. The largest absolute Gasteiger partial charge is 0.300 e. The molecule has 4 aliphatic rings. The van der Waals surface area contributed by atoms with Gasteiger partial charge in [0.15, 0.2) is 4.34 Å². The van der Waals surface area contributed by atoms with Crippen molar-refractivity contribution >= 4 is 34.7 Å². The molecule has 4 saturated carbocycles. The molecule has 1 aromatic rings. The normalized spacial score (nSPS) is 34.7. The van der Waals surface area contributed by atoms with Gasteiger partial charge in [0.25, 0.3) is 0 Å². The fourth-order valence-corrected chi connectivity index (χ4v) is 7.31. The molecule has 0 N–H and O–H groups in total. The maximum atomic E-state index is 12.9. The van der Waals surface area contributed by atoms with E-state index in [1.54, 1.807) is 6.92 Å². The van der Waals surface area contributed by atoms with Crippen LogP contribution in [0.15, 0.2) is 4.34 Å². The van der Waals surface area contributed by atoms with Crippen LogP contribution in [0.5, 0.6) is 0 Å². The van der Waals surface area contributed by atoms with Crippen molar-refractivity contribution in [3.8, 4) is 0 Å². The Morgan fingerprint density at radius 3 is 2.30 bits per heavy atom. The molecule has 0 unspecified atom stereocenters. The molecule has 0 amide bonds. The van der Waals surface area contributed by atoms with Crippen LogP contribution in [-0.4, -0.2) is 27.5 Å². The van der Waals surface area contributed by atoms with Gasteiger partial charge in [0.05, 0.1) is 12.2 Å². The summed E-state index contributed by atoms with van der Waals surface area (Å²) in [6.07, 6.45) is 7.83. The minimum absolute atomic E-state index is 0.0192. The maximum Gasteiger partial charge on any atom is 0.174 e. The number of nitrogens with zero attached hydrogens (tertiary/aromatic N) is 2. The first-order valence-corrected chi connectivity index (χ1v) is 10.3. The van der Waals surface area contributed by atoms with Gasteiger partial charge in [-0.25, -0.2) is 0 Å². The molecule has 0 spiro atoms. The SMILES string of the molecule is CC(=O)Cc1nnc(SCC(=O)C23CC4CC(CC(C4)C2)C3)s1. The number of hydrogen-bond acceptors (Lipinski definition) is 6. The van der Waals surface area contributed by atoms with E-state index in [0.717, 1.165) is 46.4 Å². The lowest BCUT2D eigenvalue weighted by molar-refractivity contribution is -0.141. The van der Waals surface area contributed by atoms with Crippen molar-refractivity contribution in [1.82, 2.24) is 10.2 Å². The lowest BCUT2D eigenvalue weighted by Gasteiger charge is -2.56. The van der Waals surface area contributed by atoms with Crippen molar-refractivity contribution in [3.05, 3.63) is 5.01 Å². The van der Waals surface area contributed by atoms with Crippen LogP contribution in [0.25, 0.3) is 0 Å². The fraction of sp³-hybridized carbons (Fsp3) is 0.765. The predicted molar refractivity (Wildman–Crippen MR) is 90.6 cm³/mol. The third-order valence-electron chi connectivity index (χ3n) is 5.80. The minimum Gasteiger partial charge on any atom is -0.300 e. The number of rotatable bonds is 6. The van der Waals surface area contributed by atoms with E-state index in [4.69, 9.17) is 0 Å². The molecule has 0 atom stereocenters. The first-order valence-electron chi connectivity index (χ1n) is 8.50. The number of thioether (sulfide) groups is 1. The first kappa shape index (κ1) is 15.8. The smallest absolute Gasteiger partial charge is 0.174 e. The molecule has 124 valence electrons. The molecule has 0 aromatic carbocycles. The molecule has 4 nitrogen and oxygen atoms in total. The van der Waals surface area contributed by atoms with Crippen LogP contribution in [0.2, 0.25) is 0 Å². The van der Waals surface area contributed by atoms with Crippen molar-refractivity contribution in [2.45, 2.75) is 56.2 Å². The molecule has 4 aliphatic carbocycles. The molecular formula is C17H22N2O2S2. The van der Waals surface area contributed by atoms with Gasteiger partial charge < -0.3 is 0 Å². The van der Waals surface area contributed by atoms with Gasteiger partial charge in [0.2, 0.25) is 0 Å². The number of carbonyl (C=O) groups excluding carboxylic acids is 2. The Morgan fingerprint density at radius 1 is 1.13 bits per heavy atom. The molecule has 0 saturated heterocycles. The van der Waals surface area contributed by atoms with Gasteiger partial charge in [-0.05, 0) is 63.2 Å². The number of hydrogen-bond donors (Lipinski definition) is 0. The molecule has 6 heteroatoms. The van der Waals surface area contributed by atoms with E-state index in [-0.39, 0.29) is 11.2 Å². The summed E-state index contributed by atoms with van der Waals surface area (Å²) in [5.74, 6) is 3.46. The standard InChI is InChI=1S/C17H22N2O2S2/c1-10(20)2-15-18-19-16(23-15)22-9-14(21)17-6-11-3-12(7-17)5-13(4-11)8-17/h11-13H,2-9H2,1H3. The zero-order valence-electron chi connectivity index (χ0n) is 13.4. The van der Waals surface area contributed by atoms with Crippen LogP contribution in [0.3, 0.4) is 0 Å². The molecule has 4 bridgehead atoms. The summed E-state index contributed by atoms with van der Waals surface area (Å²) < 4.78 is 0.819. The van der Waals surface area contributed by atoms with Gasteiger partial charge in [-0.3, -0.25) is 9.59 Å². The second kappa shape index (κ2) is 5.96. The monoisotopic (exact) mass is 350 g/mol. The number of carbonyl (C=O) groups is 2. The molecule has 23 heavy (non-hydrogen) atoms. The van der Waals surface area contributed by atoms with E-state index in [1.165, 1.54) is 42.4 Å². The van der Waals surface area contributed by atoms with Gasteiger partial charge in [-0.2, -0.15) is 0 Å². The maximum absolute atomic E-state index is 12.9. The van der Waals surface area contributed by atoms with Crippen LogP contribution >= 0.6 is 23.1 Å². The lowest BCUT2D eigenvalue weighted by atomic mass is 9.48. The van der Waals surface area contributed by atoms with Crippen LogP contribution < -0.4 is 0 Å². The Hall–Kier alpha value is -0.750. The highest BCUT2D eigenvalue weighted by Crippen LogP contribution is 2.60. The van der Waals surface area contributed by atoms with Gasteiger partial charge in [-0.15, -0.1) is 10.2 Å². The van der Waals surface area contributed by atoms with Crippen LogP contribution in [0, 0.1) is 23.2 Å². The quantitative estimate of drug-likeness (QED) is 0.734. The molecular weight excluding hydrogens is 328 g/mol. The highest BCUT2D eigenvalue weighted by atomic mass is 32.2. The lowest BCUT2D eigenvalue weighted by Crippen LogP contribution is -2.50. The van der Waals surface area contributed by atoms with Gasteiger partial charge in [-0.1, -0.05) is 23.1 Å². The first-order chi connectivity index (χ1) is 11.0. The van der Waals surface area contributed by atoms with E-state index >= 15 is 0 Å². The molecule has 1 aromatic heterocycles. The Kier molecular flexibility index (Phi) is 4.08. The van der Waals surface area contributed by atoms with E-state index in [1.807, 2.05) is 0 Å². The Bertz CT molecular complexity index is 605. The molecule has 5 rings (SSSR count). The third-order valence-corrected chi connectivity index (χ3v) is 7.86. The zero-order valence-corrected chi connectivity index (χ0v) is 15.0. The molecule has 0 radical (unpaired) electrons. The summed E-state index contributed by atoms with van der Waals surface area (Å²) in [7, 11) is 0. The van der Waals surface area contributed by atoms with Crippen LogP contribution in [-0.2, 0) is 16.0 Å². The average Bonchev–Trinajstić information content (AvgIpc) is 2.90. The highest BCUT2D eigenvalue weighted by Gasteiger charge is 2.54. The van der Waals surface area contributed by atoms with Crippen LogP contribution in [0.4, 0.5) is 0 Å². The van der Waals surface area contributed by atoms with Crippen molar-refractivity contribution in [3.63, 3.8) is 0 Å². The summed E-state index contributed by atoms with van der Waals surface area (Å²) in [6.45, 7) is 1.56. The van der Waals surface area contributed by atoms with E-state index in [2.05, 4.69) is 10.2 Å². The summed E-state index contributed by atoms with van der Waals surface area (Å²) in [5, 5.41) is 8.91. The number of aromatic nitrogens is 2. The summed E-state index contributed by atoms with van der Waals surface area (Å²) >= 11 is 2.96. The topological polar surface area (TPSA) is 59.9 Å². The van der Waals surface area contributed by atoms with Crippen LogP contribution in [0.1, 0.15) is 50.5 Å². The molecule has 1 heterocycles. The van der Waals surface area contributed by atoms with Gasteiger partial charge in [0.1, 0.15) is 16.6 Å². The number of Topliss-reactive ketones (excluding diaryl/α,β-unsaturated/α-hetero) is 2. The average molecular weight is 351 g/mol. The Labute approximate surface area is 144 Å². The zero-order chi connectivity index (χ0) is 16.0. The summed E-state index contributed by atoms with van der Waals surface area (Å²) in [4.78, 5) is 24.1. The van der Waals surface area contributed by atoms with Gasteiger partial charge >= 0.3 is 0 Å². The Morgan fingerprint density at radius 2 is 1.74 bits per heavy atom. The summed E-state index contributed by atoms with van der Waals surface area (Å²) in [6, 6.07) is 0. The molecule has 0 aliphatic heterocycles. The minimum atomic E-state index is -0.0192. The van der Waals surface area contributed by atoms with Crippen molar-refractivity contribution in [2.24, 2.45) is 23.2 Å². The van der Waals surface area contributed by atoms with E-state index < -0.39 is 0 Å². The van der Waals surface area contributed by atoms with E-state index in [9.17, 15) is 9.59 Å². The Balaban J connectivity index is 1.38. The second-order valence-electron chi connectivity index (χ2n) is 7.75.